The number of benzene rings is 4. The van der Waals surface area contributed by atoms with E-state index in [2.05, 4.69) is 67.0 Å². The third-order valence-corrected chi connectivity index (χ3v) is 11.1. The highest BCUT2D eigenvalue weighted by atomic mass is 16.5. The lowest BCUT2D eigenvalue weighted by Crippen LogP contribution is -2.72. The van der Waals surface area contributed by atoms with Crippen molar-refractivity contribution in [3.63, 3.8) is 0 Å². The Balaban J connectivity index is 1.62. The van der Waals surface area contributed by atoms with E-state index in [1.54, 1.807) is 4.90 Å². The van der Waals surface area contributed by atoms with Crippen LogP contribution in [0, 0.1) is 5.41 Å². The number of carbonyl (C=O) groups excluding carboxylic acids is 2. The third-order valence-electron chi connectivity index (χ3n) is 11.1. The molecule has 2 saturated heterocycles. The Morgan fingerprint density at radius 3 is 1.90 bits per heavy atom. The average molecular weight is 642 g/mol. The maximum absolute atomic E-state index is 15.4. The van der Waals surface area contributed by atoms with Crippen molar-refractivity contribution in [3.8, 4) is 0 Å². The number of nitrogens with zero attached hydrogens (tertiary/aromatic N) is 2. The fourth-order valence-electron chi connectivity index (χ4n) is 8.96. The molecule has 0 saturated carbocycles. The second kappa shape index (κ2) is 11.8. The molecule has 7 heteroatoms. The number of nitrogens with one attached hydrogen (secondary N) is 1. The van der Waals surface area contributed by atoms with Crippen molar-refractivity contribution in [3.05, 3.63) is 150 Å². The number of anilines is 1. The van der Waals surface area contributed by atoms with Crippen LogP contribution < -0.4 is 5.32 Å². The molecule has 2 N–H and O–H groups in total. The van der Waals surface area contributed by atoms with Crippen molar-refractivity contribution < 1.29 is 19.4 Å². The third kappa shape index (κ3) is 4.27. The highest BCUT2D eigenvalue weighted by molar-refractivity contribution is 5.90. The molecule has 3 heterocycles. The fraction of sp³-hybridized carbons (Fsp3) is 0.317. The molecule has 1 amide bonds. The second-order valence-electron chi connectivity index (χ2n) is 13.8. The van der Waals surface area contributed by atoms with Crippen LogP contribution in [0.25, 0.3) is 0 Å². The van der Waals surface area contributed by atoms with Crippen molar-refractivity contribution in [2.24, 2.45) is 5.41 Å². The molecule has 7 rings (SSSR count). The quantitative estimate of drug-likeness (QED) is 0.131. The van der Waals surface area contributed by atoms with E-state index in [1.807, 2.05) is 84.9 Å². The summed E-state index contributed by atoms with van der Waals surface area (Å²) in [5, 5.41) is 17.4. The van der Waals surface area contributed by atoms with Gasteiger partial charge in [-0.05, 0) is 35.6 Å². The van der Waals surface area contributed by atoms with Crippen LogP contribution in [-0.4, -0.2) is 58.2 Å². The number of ether oxygens (including phenoxy) is 1. The minimum atomic E-state index is -1.55. The molecule has 3 aliphatic heterocycles. The molecule has 0 radical (unpaired) electrons. The van der Waals surface area contributed by atoms with Gasteiger partial charge in [0, 0.05) is 29.6 Å². The van der Waals surface area contributed by atoms with E-state index in [4.69, 9.17) is 4.74 Å². The largest absolute Gasteiger partial charge is 0.467 e. The summed E-state index contributed by atoms with van der Waals surface area (Å²) in [5.74, 6) is -0.634. The molecule has 4 aromatic carbocycles. The van der Waals surface area contributed by atoms with Crippen molar-refractivity contribution in [1.82, 2.24) is 9.80 Å². The zero-order chi connectivity index (χ0) is 33.7. The number of rotatable bonds is 8. The number of carbonyl (C=O) groups is 2. The van der Waals surface area contributed by atoms with Gasteiger partial charge in [-0.15, -0.1) is 6.58 Å². The highest BCUT2D eigenvalue weighted by Gasteiger charge is 2.77. The van der Waals surface area contributed by atoms with E-state index in [-0.39, 0.29) is 12.3 Å². The number of fused-ring (bicyclic) bond motifs is 3. The van der Waals surface area contributed by atoms with Gasteiger partial charge >= 0.3 is 5.97 Å². The molecule has 3 aliphatic rings. The maximum atomic E-state index is 15.4. The summed E-state index contributed by atoms with van der Waals surface area (Å²) in [4.78, 5) is 32.4. The van der Waals surface area contributed by atoms with E-state index in [9.17, 15) is 9.90 Å². The lowest BCUT2D eigenvalue weighted by Gasteiger charge is -2.59. The van der Waals surface area contributed by atoms with Crippen LogP contribution in [0.1, 0.15) is 55.4 Å². The van der Waals surface area contributed by atoms with Gasteiger partial charge in [0.05, 0.1) is 18.7 Å². The first-order valence-electron chi connectivity index (χ1n) is 16.8. The molecule has 246 valence electrons. The van der Waals surface area contributed by atoms with Gasteiger partial charge in [0.25, 0.3) is 0 Å². The van der Waals surface area contributed by atoms with E-state index < -0.39 is 40.3 Å². The minimum Gasteiger partial charge on any atom is -0.467 e. The fourth-order valence-corrected chi connectivity index (χ4v) is 8.96. The molecule has 2 fully saturated rings. The summed E-state index contributed by atoms with van der Waals surface area (Å²) in [6, 6.07) is 37.0. The van der Waals surface area contributed by atoms with E-state index in [1.165, 1.54) is 7.11 Å². The van der Waals surface area contributed by atoms with Crippen LogP contribution in [0.4, 0.5) is 5.69 Å². The van der Waals surface area contributed by atoms with E-state index in [0.717, 1.165) is 27.9 Å². The molecular formula is C41H43N3O4. The Bertz CT molecular complexity index is 1730. The van der Waals surface area contributed by atoms with Crippen molar-refractivity contribution >= 4 is 17.6 Å². The predicted octanol–water partition coefficient (Wildman–Crippen LogP) is 6.44. The van der Waals surface area contributed by atoms with Gasteiger partial charge in [-0.3, -0.25) is 4.79 Å². The Morgan fingerprint density at radius 1 is 0.854 bits per heavy atom. The summed E-state index contributed by atoms with van der Waals surface area (Å²) in [6.45, 7) is 8.89. The van der Waals surface area contributed by atoms with Crippen LogP contribution >= 0.6 is 0 Å². The summed E-state index contributed by atoms with van der Waals surface area (Å²) in [5.41, 5.74) is -0.431. The Morgan fingerprint density at radius 2 is 1.38 bits per heavy atom. The van der Waals surface area contributed by atoms with Crippen LogP contribution in [0.5, 0.6) is 0 Å². The first kappa shape index (κ1) is 31.9. The summed E-state index contributed by atoms with van der Waals surface area (Å²) in [6.07, 6.45) is 3.19. The molecule has 0 aliphatic carbocycles. The van der Waals surface area contributed by atoms with Crippen molar-refractivity contribution in [2.75, 3.05) is 19.0 Å². The average Bonchev–Trinajstić information content (AvgIpc) is 3.80. The standard InChI is InChI=1S/C41H43N3O4/c1-5-38(2,3)41-39(47,32-24-15-16-25-33(32)42-41)28-35(36(45)43-27-17-26-34(43)37(46)48-4)44(41)40(29-18-9-6-10-19-29,30-20-11-7-12-21-30)31-22-13-8-14-23-31/h5-16,18-25,34-35,42,47H,1,17,26-28H2,2-4H3/t34-,35-,39+,41-/m0/s1. The Hall–Kier alpha value is -4.72. The van der Waals surface area contributed by atoms with Crippen LogP contribution in [0.15, 0.2) is 128 Å². The first-order chi connectivity index (χ1) is 23.2. The lowest BCUT2D eigenvalue weighted by atomic mass is 9.66. The minimum absolute atomic E-state index is 0.0890. The topological polar surface area (TPSA) is 82.1 Å². The van der Waals surface area contributed by atoms with E-state index in [0.29, 0.717) is 19.4 Å². The van der Waals surface area contributed by atoms with Gasteiger partial charge < -0.3 is 20.1 Å². The number of para-hydroxylation sites is 1. The molecule has 0 bridgehead atoms. The number of methoxy groups -OCH3 is 1. The normalized spacial score (nSPS) is 25.2. The molecule has 48 heavy (non-hydrogen) atoms. The number of likely N-dealkylation sites (tertiary alicyclic amines) is 2. The molecule has 0 aromatic heterocycles. The number of amides is 1. The number of hydrogen-bond donors (Lipinski definition) is 2. The molecule has 4 atom stereocenters. The van der Waals surface area contributed by atoms with Crippen LogP contribution in [0.3, 0.4) is 0 Å². The molecular weight excluding hydrogens is 598 g/mol. The molecule has 0 unspecified atom stereocenters. The smallest absolute Gasteiger partial charge is 0.328 e. The van der Waals surface area contributed by atoms with Gasteiger partial charge in [-0.25, -0.2) is 9.69 Å². The number of esters is 1. The van der Waals surface area contributed by atoms with E-state index >= 15 is 4.79 Å². The summed E-state index contributed by atoms with van der Waals surface area (Å²) < 4.78 is 5.19. The second-order valence-corrected chi connectivity index (χ2v) is 13.8. The highest BCUT2D eigenvalue weighted by Crippen LogP contribution is 2.67. The van der Waals surface area contributed by atoms with Crippen molar-refractivity contribution in [2.45, 2.75) is 62.0 Å². The molecule has 7 nitrogen and oxygen atoms in total. The van der Waals surface area contributed by atoms with Gasteiger partial charge in [-0.1, -0.05) is 129 Å². The van der Waals surface area contributed by atoms with Crippen LogP contribution in [0.2, 0.25) is 0 Å². The molecule has 0 spiro atoms. The maximum Gasteiger partial charge on any atom is 0.328 e. The Labute approximate surface area is 282 Å². The zero-order valence-electron chi connectivity index (χ0n) is 27.8. The number of hydrogen-bond acceptors (Lipinski definition) is 6. The van der Waals surface area contributed by atoms with Crippen molar-refractivity contribution in [1.29, 1.82) is 0 Å². The monoisotopic (exact) mass is 641 g/mol. The van der Waals surface area contributed by atoms with Gasteiger partial charge in [-0.2, -0.15) is 0 Å². The summed E-state index contributed by atoms with van der Waals surface area (Å²) >= 11 is 0. The molecule has 4 aromatic rings. The Kier molecular flexibility index (Phi) is 7.80. The van der Waals surface area contributed by atoms with Crippen LogP contribution in [-0.2, 0) is 25.5 Å². The SMILES string of the molecule is C=CC(C)(C)[C@@]12Nc3ccccc3[C@]1(O)C[C@@H](C(=O)N1CCC[C@H]1C(=O)OC)N2C(c1ccccc1)(c1ccccc1)c1ccccc1. The summed E-state index contributed by atoms with van der Waals surface area (Å²) in [7, 11) is 1.37. The predicted molar refractivity (Wildman–Crippen MR) is 187 cm³/mol. The first-order valence-corrected chi connectivity index (χ1v) is 16.8. The lowest BCUT2D eigenvalue weighted by molar-refractivity contribution is -0.155. The van der Waals surface area contributed by atoms with Gasteiger partial charge in [0.1, 0.15) is 17.3 Å². The zero-order valence-corrected chi connectivity index (χ0v) is 27.8. The van der Waals surface area contributed by atoms with Gasteiger partial charge in [0.2, 0.25) is 5.91 Å². The van der Waals surface area contributed by atoms with Gasteiger partial charge in [0.15, 0.2) is 0 Å². The number of aliphatic hydroxyl groups is 1.